The first-order chi connectivity index (χ1) is 9.35. The molecule has 0 spiro atoms. The van der Waals surface area contributed by atoms with Gasteiger partial charge in [-0.3, -0.25) is 0 Å². The third-order valence-corrected chi connectivity index (χ3v) is 5.38. The smallest absolute Gasteiger partial charge is 0.213 e. The number of ether oxygens (including phenoxy) is 1. The highest BCUT2D eigenvalue weighted by Crippen LogP contribution is 2.25. The molecule has 1 aliphatic heterocycles. The van der Waals surface area contributed by atoms with Crippen molar-refractivity contribution >= 4 is 10.0 Å². The molecule has 6 heteroatoms. The molecular formula is C14H21NO4S. The molecule has 1 aromatic rings. The fraction of sp³-hybridized carbons (Fsp3) is 0.571. The van der Waals surface area contributed by atoms with Crippen molar-refractivity contribution in [3.05, 3.63) is 29.8 Å². The van der Waals surface area contributed by atoms with E-state index >= 15 is 0 Å². The average Bonchev–Trinajstić information content (AvgIpc) is 2.81. The van der Waals surface area contributed by atoms with Gasteiger partial charge in [0.15, 0.2) is 0 Å². The third kappa shape index (κ3) is 3.50. The van der Waals surface area contributed by atoms with Crippen molar-refractivity contribution < 1.29 is 18.3 Å². The summed E-state index contributed by atoms with van der Waals surface area (Å²) in [7, 11) is -3.24. The van der Waals surface area contributed by atoms with Crippen LogP contribution in [0.3, 0.4) is 0 Å². The molecule has 1 N–H and O–H groups in total. The highest BCUT2D eigenvalue weighted by atomic mass is 32.2. The summed E-state index contributed by atoms with van der Waals surface area (Å²) < 4.78 is 30.5. The Bertz CT molecular complexity index is 572. The molecule has 0 saturated carbocycles. The van der Waals surface area contributed by atoms with Gasteiger partial charge in [0.25, 0.3) is 0 Å². The van der Waals surface area contributed by atoms with Crippen LogP contribution in [0.5, 0.6) is 5.75 Å². The van der Waals surface area contributed by atoms with Crippen LogP contribution >= 0.6 is 0 Å². The number of β-amino-alcohol motifs (C(OH)–C–C–N with tert-alkyl or cyclic N) is 1. The minimum Gasteiger partial charge on any atom is -0.491 e. The molecule has 1 saturated heterocycles. The highest BCUT2D eigenvalue weighted by molar-refractivity contribution is 7.89. The van der Waals surface area contributed by atoms with Crippen LogP contribution in [0.15, 0.2) is 24.3 Å². The SMILES string of the molecule is CCS(=O)(=O)N1CCC(O)(COc2cccc(C)c2)C1. The quantitative estimate of drug-likeness (QED) is 0.886. The third-order valence-electron chi connectivity index (χ3n) is 3.55. The molecule has 20 heavy (non-hydrogen) atoms. The maximum absolute atomic E-state index is 11.8. The number of hydrogen-bond acceptors (Lipinski definition) is 4. The van der Waals surface area contributed by atoms with Gasteiger partial charge in [-0.2, -0.15) is 4.31 Å². The van der Waals surface area contributed by atoms with Gasteiger partial charge in [0, 0.05) is 13.1 Å². The molecule has 1 atom stereocenters. The zero-order valence-corrected chi connectivity index (χ0v) is 12.7. The van der Waals surface area contributed by atoms with Crippen molar-refractivity contribution in [2.45, 2.75) is 25.9 Å². The van der Waals surface area contributed by atoms with Crippen LogP contribution in [-0.2, 0) is 10.0 Å². The van der Waals surface area contributed by atoms with Crippen molar-refractivity contribution in [1.29, 1.82) is 0 Å². The van der Waals surface area contributed by atoms with E-state index in [1.54, 1.807) is 6.92 Å². The molecule has 5 nitrogen and oxygen atoms in total. The Hall–Kier alpha value is -1.11. The first kappa shape index (κ1) is 15.3. The van der Waals surface area contributed by atoms with E-state index in [0.717, 1.165) is 5.56 Å². The molecule has 0 bridgehead atoms. The second kappa shape index (κ2) is 5.71. The number of hydrogen-bond donors (Lipinski definition) is 1. The minimum atomic E-state index is -3.24. The van der Waals surface area contributed by atoms with Crippen LogP contribution in [0.1, 0.15) is 18.9 Å². The van der Waals surface area contributed by atoms with E-state index in [0.29, 0.717) is 18.7 Å². The summed E-state index contributed by atoms with van der Waals surface area (Å²) in [4.78, 5) is 0. The highest BCUT2D eigenvalue weighted by Gasteiger charge is 2.41. The van der Waals surface area contributed by atoms with Gasteiger partial charge in [0.05, 0.1) is 5.75 Å². The lowest BCUT2D eigenvalue weighted by atomic mass is 10.1. The normalized spacial score (nSPS) is 23.9. The molecule has 2 rings (SSSR count). The van der Waals surface area contributed by atoms with Gasteiger partial charge < -0.3 is 9.84 Å². The number of benzene rings is 1. The Balaban J connectivity index is 1.97. The van der Waals surface area contributed by atoms with E-state index in [9.17, 15) is 13.5 Å². The standard InChI is InChI=1S/C14H21NO4S/c1-3-20(17,18)15-8-7-14(16,10-15)11-19-13-6-4-5-12(2)9-13/h4-6,9,16H,3,7-8,10-11H2,1-2H3. The van der Waals surface area contributed by atoms with Crippen molar-refractivity contribution in [3.8, 4) is 5.75 Å². The van der Waals surface area contributed by atoms with E-state index in [1.807, 2.05) is 31.2 Å². The fourth-order valence-corrected chi connectivity index (χ4v) is 3.45. The molecule has 0 radical (unpaired) electrons. The molecule has 1 unspecified atom stereocenters. The number of aryl methyl sites for hydroxylation is 1. The lowest BCUT2D eigenvalue weighted by Gasteiger charge is -2.23. The first-order valence-corrected chi connectivity index (χ1v) is 8.35. The summed E-state index contributed by atoms with van der Waals surface area (Å²) in [5, 5.41) is 10.4. The van der Waals surface area contributed by atoms with Gasteiger partial charge in [-0.15, -0.1) is 0 Å². The Kier molecular flexibility index (Phi) is 4.36. The maximum Gasteiger partial charge on any atom is 0.213 e. The lowest BCUT2D eigenvalue weighted by Crippen LogP contribution is -2.41. The number of sulfonamides is 1. The van der Waals surface area contributed by atoms with Crippen LogP contribution in [0.4, 0.5) is 0 Å². The Morgan fingerprint density at radius 2 is 2.20 bits per heavy atom. The van der Waals surface area contributed by atoms with Crippen LogP contribution in [0.2, 0.25) is 0 Å². The van der Waals surface area contributed by atoms with Gasteiger partial charge in [-0.1, -0.05) is 12.1 Å². The van der Waals surface area contributed by atoms with Crippen LogP contribution < -0.4 is 4.74 Å². The molecule has 0 amide bonds. The van der Waals surface area contributed by atoms with E-state index < -0.39 is 15.6 Å². The zero-order valence-electron chi connectivity index (χ0n) is 11.9. The van der Waals surface area contributed by atoms with E-state index in [1.165, 1.54) is 4.31 Å². The Morgan fingerprint density at radius 1 is 1.45 bits per heavy atom. The topological polar surface area (TPSA) is 66.8 Å². The molecule has 112 valence electrons. The summed E-state index contributed by atoms with van der Waals surface area (Å²) in [5.74, 6) is 0.747. The monoisotopic (exact) mass is 299 g/mol. The largest absolute Gasteiger partial charge is 0.491 e. The van der Waals surface area contributed by atoms with Crippen molar-refractivity contribution in [1.82, 2.24) is 4.31 Å². The fourth-order valence-electron chi connectivity index (χ4n) is 2.28. The average molecular weight is 299 g/mol. The van der Waals surface area contributed by atoms with Crippen molar-refractivity contribution in [2.24, 2.45) is 0 Å². The van der Waals surface area contributed by atoms with Crippen LogP contribution in [0.25, 0.3) is 0 Å². The lowest BCUT2D eigenvalue weighted by molar-refractivity contribution is 0.00874. The molecule has 0 aliphatic carbocycles. The summed E-state index contributed by atoms with van der Waals surface area (Å²) in [6, 6.07) is 7.56. The predicted molar refractivity (Wildman–Crippen MR) is 77.3 cm³/mol. The molecule has 1 aliphatic rings. The Labute approximate surface area is 120 Å². The summed E-state index contributed by atoms with van der Waals surface area (Å²) in [5.41, 5.74) is -0.0255. The van der Waals surface area contributed by atoms with Crippen molar-refractivity contribution in [2.75, 3.05) is 25.4 Å². The van der Waals surface area contributed by atoms with E-state index in [-0.39, 0.29) is 18.9 Å². The van der Waals surface area contributed by atoms with Crippen LogP contribution in [-0.4, -0.2) is 48.9 Å². The van der Waals surface area contributed by atoms with Gasteiger partial charge in [-0.05, 0) is 38.0 Å². The van der Waals surface area contributed by atoms with E-state index in [4.69, 9.17) is 4.74 Å². The predicted octanol–water partition coefficient (Wildman–Crippen LogP) is 1.16. The first-order valence-electron chi connectivity index (χ1n) is 6.74. The summed E-state index contributed by atoms with van der Waals surface area (Å²) in [6.45, 7) is 4.13. The number of rotatable bonds is 5. The van der Waals surface area contributed by atoms with Gasteiger partial charge in [-0.25, -0.2) is 8.42 Å². The number of aliphatic hydroxyl groups is 1. The summed E-state index contributed by atoms with van der Waals surface area (Å²) >= 11 is 0. The summed E-state index contributed by atoms with van der Waals surface area (Å²) in [6.07, 6.45) is 0.401. The molecular weight excluding hydrogens is 278 g/mol. The van der Waals surface area contributed by atoms with Gasteiger partial charge >= 0.3 is 0 Å². The van der Waals surface area contributed by atoms with E-state index in [2.05, 4.69) is 0 Å². The van der Waals surface area contributed by atoms with Gasteiger partial charge in [0.2, 0.25) is 10.0 Å². The zero-order chi connectivity index (χ0) is 14.8. The second-order valence-corrected chi connectivity index (χ2v) is 7.57. The second-order valence-electron chi connectivity index (χ2n) is 5.31. The van der Waals surface area contributed by atoms with Crippen LogP contribution in [0, 0.1) is 6.92 Å². The maximum atomic E-state index is 11.8. The molecule has 0 aromatic heterocycles. The van der Waals surface area contributed by atoms with Crippen molar-refractivity contribution in [3.63, 3.8) is 0 Å². The number of nitrogens with zero attached hydrogens (tertiary/aromatic N) is 1. The minimum absolute atomic E-state index is 0.0574. The molecule has 1 aromatic carbocycles. The Morgan fingerprint density at radius 3 is 2.85 bits per heavy atom. The molecule has 1 heterocycles. The van der Waals surface area contributed by atoms with Gasteiger partial charge in [0.1, 0.15) is 18.0 Å². The molecule has 1 fully saturated rings.